The minimum Gasteiger partial charge on any atom is -0.396 e. The van der Waals surface area contributed by atoms with Crippen LogP contribution in [-0.4, -0.2) is 30.2 Å². The van der Waals surface area contributed by atoms with Gasteiger partial charge in [-0.2, -0.15) is 0 Å². The first-order chi connectivity index (χ1) is 10.9. The monoisotopic (exact) mass is 331 g/mol. The second-order valence-corrected chi connectivity index (χ2v) is 7.37. The van der Waals surface area contributed by atoms with Gasteiger partial charge in [0.2, 0.25) is 0 Å². The molecule has 0 aliphatic carbocycles. The zero-order valence-corrected chi connectivity index (χ0v) is 14.9. The molecule has 0 aliphatic heterocycles. The van der Waals surface area contributed by atoms with Gasteiger partial charge in [-0.1, -0.05) is 67.9 Å². The summed E-state index contributed by atoms with van der Waals surface area (Å²) in [6.07, 6.45) is 0. The highest BCUT2D eigenvalue weighted by Gasteiger charge is 2.31. The average molecular weight is 332 g/mol. The number of hydrogen-bond acceptors (Lipinski definition) is 2. The van der Waals surface area contributed by atoms with Gasteiger partial charge < -0.3 is 10.0 Å². The molecule has 0 heterocycles. The van der Waals surface area contributed by atoms with Gasteiger partial charge in [0.15, 0.2) is 0 Å². The Bertz CT molecular complexity index is 595. The lowest BCUT2D eigenvalue weighted by atomic mass is 9.75. The molecule has 0 fully saturated rings. The Kier molecular flexibility index (Phi) is 6.23. The Balaban J connectivity index is 2.16. The van der Waals surface area contributed by atoms with Crippen LogP contribution in [0.2, 0.25) is 5.02 Å². The lowest BCUT2D eigenvalue weighted by Gasteiger charge is -2.36. The molecule has 0 amide bonds. The van der Waals surface area contributed by atoms with Crippen LogP contribution in [-0.2, 0) is 6.54 Å². The van der Waals surface area contributed by atoms with E-state index in [1.165, 1.54) is 11.1 Å². The van der Waals surface area contributed by atoms with Crippen LogP contribution in [0.5, 0.6) is 0 Å². The standard InChI is InChI=1S/C20H26ClNO/c1-20(2,15-23)19(17-9-11-18(21)12-10-17)14-22(3)13-16-7-5-4-6-8-16/h4-12,19,23H,13-15H2,1-3H3/t19-/m0/s1. The van der Waals surface area contributed by atoms with Crippen LogP contribution in [0.25, 0.3) is 0 Å². The molecule has 0 spiro atoms. The first kappa shape index (κ1) is 18.0. The molecular weight excluding hydrogens is 306 g/mol. The van der Waals surface area contributed by atoms with Crippen molar-refractivity contribution in [3.8, 4) is 0 Å². The van der Waals surface area contributed by atoms with E-state index in [0.717, 1.165) is 18.1 Å². The van der Waals surface area contributed by atoms with Crippen LogP contribution in [0.4, 0.5) is 0 Å². The third kappa shape index (κ3) is 5.07. The minimum absolute atomic E-state index is 0.152. The summed E-state index contributed by atoms with van der Waals surface area (Å²) in [5.41, 5.74) is 2.32. The molecule has 0 radical (unpaired) electrons. The van der Waals surface area contributed by atoms with Gasteiger partial charge in [-0.05, 0) is 35.7 Å². The van der Waals surface area contributed by atoms with Crippen molar-refractivity contribution >= 4 is 11.6 Å². The molecule has 2 aromatic rings. The zero-order valence-electron chi connectivity index (χ0n) is 14.2. The predicted octanol–water partition coefficient (Wildman–Crippen LogP) is 4.57. The van der Waals surface area contributed by atoms with E-state index in [0.29, 0.717) is 0 Å². The Morgan fingerprint density at radius 3 is 2.22 bits per heavy atom. The van der Waals surface area contributed by atoms with Crippen molar-refractivity contribution in [3.63, 3.8) is 0 Å². The molecule has 23 heavy (non-hydrogen) atoms. The predicted molar refractivity (Wildman–Crippen MR) is 97.8 cm³/mol. The molecule has 1 atom stereocenters. The maximum absolute atomic E-state index is 9.84. The van der Waals surface area contributed by atoms with Gasteiger partial charge in [0, 0.05) is 30.6 Å². The fourth-order valence-corrected chi connectivity index (χ4v) is 3.01. The van der Waals surface area contributed by atoms with Gasteiger partial charge in [-0.25, -0.2) is 0 Å². The summed E-state index contributed by atoms with van der Waals surface area (Å²) in [5.74, 6) is 0.235. The topological polar surface area (TPSA) is 23.5 Å². The highest BCUT2D eigenvalue weighted by molar-refractivity contribution is 6.30. The normalized spacial score (nSPS) is 13.3. The molecule has 0 aromatic heterocycles. The molecule has 0 saturated carbocycles. The summed E-state index contributed by atoms with van der Waals surface area (Å²) in [4.78, 5) is 2.31. The molecule has 2 rings (SSSR count). The molecule has 0 aliphatic rings. The van der Waals surface area contributed by atoms with Crippen LogP contribution < -0.4 is 0 Å². The number of likely N-dealkylation sites (N-methyl/N-ethyl adjacent to an activating group) is 1. The summed E-state index contributed by atoms with van der Waals surface area (Å²) in [5, 5.41) is 10.6. The molecule has 0 unspecified atom stereocenters. The molecule has 0 bridgehead atoms. The van der Waals surface area contributed by atoms with Crippen LogP contribution in [0.1, 0.15) is 30.9 Å². The third-order valence-corrected chi connectivity index (χ3v) is 4.66. The molecule has 2 aromatic carbocycles. The summed E-state index contributed by atoms with van der Waals surface area (Å²) >= 11 is 6.02. The summed E-state index contributed by atoms with van der Waals surface area (Å²) in [6, 6.07) is 18.4. The molecule has 3 heteroatoms. The third-order valence-electron chi connectivity index (χ3n) is 4.41. The summed E-state index contributed by atoms with van der Waals surface area (Å²) in [7, 11) is 2.13. The second kappa shape index (κ2) is 7.96. The number of rotatable bonds is 7. The van der Waals surface area contributed by atoms with Crippen molar-refractivity contribution < 1.29 is 5.11 Å². The minimum atomic E-state index is -0.196. The van der Waals surface area contributed by atoms with Crippen molar-refractivity contribution in [2.75, 3.05) is 20.2 Å². The number of aliphatic hydroxyl groups is 1. The van der Waals surface area contributed by atoms with Gasteiger partial charge in [-0.3, -0.25) is 0 Å². The highest BCUT2D eigenvalue weighted by Crippen LogP contribution is 2.36. The molecule has 1 N–H and O–H groups in total. The van der Waals surface area contributed by atoms with E-state index in [1.807, 2.05) is 18.2 Å². The first-order valence-corrected chi connectivity index (χ1v) is 8.39. The van der Waals surface area contributed by atoms with Gasteiger partial charge in [0.25, 0.3) is 0 Å². The Morgan fingerprint density at radius 1 is 1.04 bits per heavy atom. The lowest BCUT2D eigenvalue weighted by Crippen LogP contribution is -2.35. The van der Waals surface area contributed by atoms with E-state index >= 15 is 0 Å². The smallest absolute Gasteiger partial charge is 0.0488 e. The fraction of sp³-hybridized carbons (Fsp3) is 0.400. The average Bonchev–Trinajstić information content (AvgIpc) is 2.54. The van der Waals surface area contributed by atoms with E-state index in [2.05, 4.69) is 62.2 Å². The van der Waals surface area contributed by atoms with E-state index in [1.54, 1.807) is 0 Å². The molecular formula is C20H26ClNO. The van der Waals surface area contributed by atoms with Gasteiger partial charge >= 0.3 is 0 Å². The fourth-order valence-electron chi connectivity index (χ4n) is 2.88. The summed E-state index contributed by atoms with van der Waals surface area (Å²) < 4.78 is 0. The largest absolute Gasteiger partial charge is 0.396 e. The quantitative estimate of drug-likeness (QED) is 0.803. The van der Waals surface area contributed by atoms with Crippen molar-refractivity contribution in [2.45, 2.75) is 26.3 Å². The first-order valence-electron chi connectivity index (χ1n) is 8.01. The van der Waals surface area contributed by atoms with Crippen molar-refractivity contribution in [1.29, 1.82) is 0 Å². The number of aliphatic hydroxyl groups excluding tert-OH is 1. The summed E-state index contributed by atoms with van der Waals surface area (Å²) in [6.45, 7) is 6.15. The van der Waals surface area contributed by atoms with Crippen molar-refractivity contribution in [2.24, 2.45) is 5.41 Å². The second-order valence-electron chi connectivity index (χ2n) is 6.93. The van der Waals surface area contributed by atoms with E-state index in [4.69, 9.17) is 11.6 Å². The number of hydrogen-bond donors (Lipinski definition) is 1. The zero-order chi connectivity index (χ0) is 16.9. The molecule has 2 nitrogen and oxygen atoms in total. The van der Waals surface area contributed by atoms with Gasteiger partial charge in [0.1, 0.15) is 0 Å². The maximum Gasteiger partial charge on any atom is 0.0488 e. The Labute approximate surface area is 144 Å². The van der Waals surface area contributed by atoms with Crippen molar-refractivity contribution in [1.82, 2.24) is 4.90 Å². The SMILES string of the molecule is CN(Cc1ccccc1)C[C@@H](c1ccc(Cl)cc1)C(C)(C)CO. The maximum atomic E-state index is 9.84. The van der Waals surface area contributed by atoms with E-state index in [9.17, 15) is 5.11 Å². The van der Waals surface area contributed by atoms with E-state index in [-0.39, 0.29) is 17.9 Å². The number of nitrogens with zero attached hydrogens (tertiary/aromatic N) is 1. The Morgan fingerprint density at radius 2 is 1.65 bits per heavy atom. The Hall–Kier alpha value is -1.35. The number of benzene rings is 2. The molecule has 0 saturated heterocycles. The van der Waals surface area contributed by atoms with Crippen LogP contribution in [0.3, 0.4) is 0 Å². The molecule has 124 valence electrons. The van der Waals surface area contributed by atoms with E-state index < -0.39 is 0 Å². The van der Waals surface area contributed by atoms with Gasteiger partial charge in [-0.15, -0.1) is 0 Å². The van der Waals surface area contributed by atoms with Crippen molar-refractivity contribution in [3.05, 3.63) is 70.7 Å². The van der Waals surface area contributed by atoms with Crippen LogP contribution in [0.15, 0.2) is 54.6 Å². The van der Waals surface area contributed by atoms with Gasteiger partial charge in [0.05, 0.1) is 0 Å². The van der Waals surface area contributed by atoms with Crippen LogP contribution in [0, 0.1) is 5.41 Å². The lowest BCUT2D eigenvalue weighted by molar-refractivity contribution is 0.110. The van der Waals surface area contributed by atoms with Crippen LogP contribution >= 0.6 is 11.6 Å². The highest BCUT2D eigenvalue weighted by atomic mass is 35.5. The number of halogens is 1.